The molecule has 1 saturated carbocycles. The molecular weight excluding hydrogens is 405 g/mol. The summed E-state index contributed by atoms with van der Waals surface area (Å²) in [4.78, 5) is 28.9. The zero-order chi connectivity index (χ0) is 22.5. The topological polar surface area (TPSA) is 106 Å². The first-order chi connectivity index (χ1) is 15.3. The van der Waals surface area contributed by atoms with Crippen LogP contribution in [0.4, 0.5) is 5.69 Å². The molecule has 3 aromatic rings. The van der Waals surface area contributed by atoms with Crippen LogP contribution in [0.15, 0.2) is 47.2 Å². The average molecular weight is 422 g/mol. The predicted molar refractivity (Wildman–Crippen MR) is 116 cm³/mol. The molecule has 12 heteroatoms. The van der Waals surface area contributed by atoms with Gasteiger partial charge < -0.3 is 14.7 Å². The summed E-state index contributed by atoms with van der Waals surface area (Å²) >= 11 is 0. The molecule has 1 aromatic carbocycles. The summed E-state index contributed by atoms with van der Waals surface area (Å²) < 4.78 is 5.44. The first kappa shape index (κ1) is 20.6. The van der Waals surface area contributed by atoms with E-state index in [-0.39, 0.29) is 5.69 Å². The molecule has 1 atom stereocenters. The first-order valence-electron chi connectivity index (χ1n) is 10.2. The van der Waals surface area contributed by atoms with E-state index in [0.717, 1.165) is 23.3 Å². The van der Waals surface area contributed by atoms with Crippen LogP contribution in [0.2, 0.25) is 0 Å². The van der Waals surface area contributed by atoms with Gasteiger partial charge >= 0.3 is 0 Å². The van der Waals surface area contributed by atoms with E-state index in [1.807, 2.05) is 12.1 Å². The Bertz CT molecular complexity index is 1170. The number of hydrogen-bond acceptors (Lipinski definition) is 6. The lowest BCUT2D eigenvalue weighted by Gasteiger charge is -2.39. The molecule has 1 aliphatic heterocycles. The fraction of sp³-hybridized carbons (Fsp3) is 0.350. The highest BCUT2D eigenvalue weighted by Gasteiger charge is 2.52. The van der Waals surface area contributed by atoms with E-state index in [1.165, 1.54) is 0 Å². The van der Waals surface area contributed by atoms with Crippen LogP contribution in [0.1, 0.15) is 41.1 Å². The minimum Gasteiger partial charge on any atom is -0.358 e. The van der Waals surface area contributed by atoms with Crippen LogP contribution in [0.3, 0.4) is 0 Å². The summed E-state index contributed by atoms with van der Waals surface area (Å²) in [6.45, 7) is 0. The Balaban J connectivity index is 1.37. The number of para-hydroxylation sites is 1. The largest absolute Gasteiger partial charge is 0.358 e. The number of fused-ring (bicyclic) bond motifs is 1. The smallest absolute Gasteiger partial charge is 0.274 e. The number of carbonyl (C=O) groups excluding carboxylic acids is 2. The van der Waals surface area contributed by atoms with Gasteiger partial charge in [0.1, 0.15) is 11.6 Å². The number of aromatic nitrogens is 4. The molecule has 9 nitrogen and oxygen atoms in total. The van der Waals surface area contributed by atoms with E-state index in [0.29, 0.717) is 24.3 Å². The number of benzene rings is 1. The Morgan fingerprint density at radius 1 is 1.19 bits per heavy atom. The minimum absolute atomic E-state index is 0.0547. The molecule has 154 valence electrons. The predicted octanol–water partition coefficient (Wildman–Crippen LogP) is -0.00190. The minimum atomic E-state index is -1.93. The summed E-state index contributed by atoms with van der Waals surface area (Å²) in [5.74, 6) is -0.561. The van der Waals surface area contributed by atoms with Gasteiger partial charge in [-0.05, 0) is 37.3 Å². The van der Waals surface area contributed by atoms with Crippen molar-refractivity contribution in [1.82, 2.24) is 25.5 Å². The van der Waals surface area contributed by atoms with E-state index in [1.54, 1.807) is 35.4 Å². The van der Waals surface area contributed by atoms with Crippen molar-refractivity contribution in [2.45, 2.75) is 42.5 Å². The van der Waals surface area contributed by atoms with Gasteiger partial charge in [0.15, 0.2) is 11.5 Å². The fourth-order valence-corrected chi connectivity index (χ4v) is 4.11. The third-order valence-corrected chi connectivity index (χ3v) is 5.87. The summed E-state index contributed by atoms with van der Waals surface area (Å²) in [5, 5.41) is 13.0. The van der Waals surface area contributed by atoms with Crippen molar-refractivity contribution in [2.75, 3.05) is 4.90 Å². The Kier molecular flexibility index (Phi) is 4.76. The van der Waals surface area contributed by atoms with Gasteiger partial charge in [0.25, 0.3) is 5.91 Å². The van der Waals surface area contributed by atoms with Gasteiger partial charge in [-0.25, -0.2) is 0 Å². The van der Waals surface area contributed by atoms with Crippen LogP contribution in [-0.4, -0.2) is 66.8 Å². The van der Waals surface area contributed by atoms with Gasteiger partial charge in [0.05, 0.1) is 35.9 Å². The molecule has 1 fully saturated rings. The maximum Gasteiger partial charge on any atom is 0.274 e. The van der Waals surface area contributed by atoms with Crippen molar-refractivity contribution < 1.29 is 14.1 Å². The fourth-order valence-electron chi connectivity index (χ4n) is 4.11. The van der Waals surface area contributed by atoms with E-state index >= 15 is 0 Å². The molecule has 0 spiro atoms. The van der Waals surface area contributed by atoms with Crippen LogP contribution in [0.25, 0.3) is 0 Å². The SMILES string of the molecule is [B]C([B])([B])N1C(=O)[C@@H](NC(=O)c2cc(C3(n4nccn4)CC3)on2)CCc2ccccc21. The van der Waals surface area contributed by atoms with Crippen molar-refractivity contribution >= 4 is 41.0 Å². The molecule has 32 heavy (non-hydrogen) atoms. The number of nitrogens with one attached hydrogen (secondary N) is 1. The second-order valence-electron chi connectivity index (χ2n) is 8.18. The van der Waals surface area contributed by atoms with Crippen molar-refractivity contribution in [2.24, 2.45) is 0 Å². The number of amides is 2. The monoisotopic (exact) mass is 422 g/mol. The molecule has 0 saturated heterocycles. The highest BCUT2D eigenvalue weighted by Crippen LogP contribution is 2.48. The summed E-state index contributed by atoms with van der Waals surface area (Å²) in [5.41, 5.74) is 0.908. The average Bonchev–Trinajstić information content (AvgIpc) is 3.17. The van der Waals surface area contributed by atoms with Gasteiger partial charge in [-0.15, -0.1) is 0 Å². The molecule has 2 aliphatic rings. The van der Waals surface area contributed by atoms with Crippen LogP contribution in [0.5, 0.6) is 0 Å². The van der Waals surface area contributed by atoms with Crippen LogP contribution >= 0.6 is 0 Å². The van der Waals surface area contributed by atoms with E-state index in [2.05, 4.69) is 20.7 Å². The third-order valence-electron chi connectivity index (χ3n) is 5.87. The molecule has 0 unspecified atom stereocenters. The van der Waals surface area contributed by atoms with Crippen LogP contribution < -0.4 is 10.2 Å². The molecule has 1 aliphatic carbocycles. The Morgan fingerprint density at radius 3 is 2.59 bits per heavy atom. The number of rotatable bonds is 5. The lowest BCUT2D eigenvalue weighted by molar-refractivity contribution is -0.120. The summed E-state index contributed by atoms with van der Waals surface area (Å²) in [6, 6.07) is 7.87. The Hall–Kier alpha value is -3.30. The van der Waals surface area contributed by atoms with Gasteiger partial charge in [-0.2, -0.15) is 15.0 Å². The van der Waals surface area contributed by atoms with E-state index in [9.17, 15) is 9.59 Å². The van der Waals surface area contributed by atoms with Crippen molar-refractivity contribution in [3.8, 4) is 0 Å². The molecule has 5 rings (SSSR count). The summed E-state index contributed by atoms with van der Waals surface area (Å²) in [7, 11) is 17.7. The Labute approximate surface area is 188 Å². The second kappa shape index (κ2) is 7.39. The second-order valence-corrected chi connectivity index (χ2v) is 8.18. The lowest BCUT2D eigenvalue weighted by atomic mass is 9.48. The van der Waals surface area contributed by atoms with E-state index < -0.39 is 28.6 Å². The van der Waals surface area contributed by atoms with E-state index in [4.69, 9.17) is 28.1 Å². The van der Waals surface area contributed by atoms with Gasteiger partial charge in [0, 0.05) is 11.8 Å². The summed E-state index contributed by atoms with van der Waals surface area (Å²) in [6.07, 6.45) is 5.59. The third kappa shape index (κ3) is 3.43. The van der Waals surface area contributed by atoms with Crippen molar-refractivity contribution in [3.63, 3.8) is 0 Å². The highest BCUT2D eigenvalue weighted by atomic mass is 16.5. The van der Waals surface area contributed by atoms with Gasteiger partial charge in [-0.1, -0.05) is 28.6 Å². The van der Waals surface area contributed by atoms with Crippen LogP contribution in [-0.2, 0) is 16.8 Å². The number of nitrogens with zero attached hydrogens (tertiary/aromatic N) is 5. The zero-order valence-electron chi connectivity index (χ0n) is 17.1. The quantitative estimate of drug-likeness (QED) is 0.581. The molecule has 3 heterocycles. The Morgan fingerprint density at radius 2 is 1.91 bits per heavy atom. The van der Waals surface area contributed by atoms with Crippen molar-refractivity contribution in [3.05, 3.63) is 59.7 Å². The normalized spacial score (nSPS) is 19.8. The standard InChI is InChI=1S/C20H17B3N6O3/c21-20(22,23)28-15-4-2-1-3-12(15)5-6-13(18(28)31)26-17(30)14-11-16(32-27-14)19(7-8-19)29-24-9-10-25-29/h1-4,9-11,13H,5-8H2,(H,26,30)/t13-/m0/s1. The molecular formula is C20H17B3N6O3. The molecule has 2 aromatic heterocycles. The molecule has 0 bridgehead atoms. The lowest BCUT2D eigenvalue weighted by Crippen LogP contribution is -2.59. The highest BCUT2D eigenvalue weighted by molar-refractivity contribution is 6.62. The number of anilines is 1. The number of carbonyl (C=O) groups is 2. The molecule has 2 amide bonds. The zero-order valence-corrected chi connectivity index (χ0v) is 17.1. The number of hydrogen-bond donors (Lipinski definition) is 1. The maximum absolute atomic E-state index is 13.3. The first-order valence-corrected chi connectivity index (χ1v) is 10.2. The van der Waals surface area contributed by atoms with Gasteiger partial charge in [-0.3, -0.25) is 9.59 Å². The molecule has 1 N–H and O–H groups in total. The molecule has 6 radical (unpaired) electrons. The van der Waals surface area contributed by atoms with Crippen molar-refractivity contribution in [1.29, 1.82) is 0 Å². The maximum atomic E-state index is 13.3. The van der Waals surface area contributed by atoms with Crippen LogP contribution in [0, 0.1) is 0 Å². The number of aryl methyl sites for hydroxylation is 1. The van der Waals surface area contributed by atoms with Gasteiger partial charge in [0.2, 0.25) is 5.91 Å².